The first kappa shape index (κ1) is 8.69. The van der Waals surface area contributed by atoms with Gasteiger partial charge in [-0.25, -0.2) is 0 Å². The summed E-state index contributed by atoms with van der Waals surface area (Å²) < 4.78 is 4.96. The van der Waals surface area contributed by atoms with Crippen molar-refractivity contribution in [2.24, 2.45) is 0 Å². The van der Waals surface area contributed by atoms with Crippen molar-refractivity contribution in [1.29, 1.82) is 0 Å². The monoisotopic (exact) mass is 190 g/mol. The fraction of sp³-hybridized carbons (Fsp3) is 0.0909. The SMILES string of the molecule is COc1ccc2c(O)cccc2c1O. The summed E-state index contributed by atoms with van der Waals surface area (Å²) in [5.74, 6) is 0.615. The number of methoxy groups -OCH3 is 1. The Morgan fingerprint density at radius 3 is 2.50 bits per heavy atom. The fourth-order valence-corrected chi connectivity index (χ4v) is 1.47. The lowest BCUT2D eigenvalue weighted by atomic mass is 10.1. The van der Waals surface area contributed by atoms with E-state index in [1.807, 2.05) is 0 Å². The van der Waals surface area contributed by atoms with Crippen LogP contribution >= 0.6 is 0 Å². The van der Waals surface area contributed by atoms with Gasteiger partial charge in [-0.15, -0.1) is 0 Å². The molecule has 3 heteroatoms. The topological polar surface area (TPSA) is 49.7 Å². The summed E-state index contributed by atoms with van der Waals surface area (Å²) in [4.78, 5) is 0. The second-order valence-corrected chi connectivity index (χ2v) is 2.99. The summed E-state index contributed by atoms with van der Waals surface area (Å²) in [5.41, 5.74) is 0. The van der Waals surface area contributed by atoms with Gasteiger partial charge in [0.25, 0.3) is 0 Å². The first-order valence-electron chi connectivity index (χ1n) is 4.21. The maximum Gasteiger partial charge on any atom is 0.165 e. The van der Waals surface area contributed by atoms with Gasteiger partial charge in [0, 0.05) is 10.8 Å². The number of hydrogen-bond acceptors (Lipinski definition) is 3. The molecule has 2 aromatic carbocycles. The number of rotatable bonds is 1. The largest absolute Gasteiger partial charge is 0.507 e. The third-order valence-electron chi connectivity index (χ3n) is 2.19. The first-order valence-corrected chi connectivity index (χ1v) is 4.21. The van der Waals surface area contributed by atoms with Gasteiger partial charge in [-0.2, -0.15) is 0 Å². The molecule has 0 amide bonds. The lowest BCUT2D eigenvalue weighted by molar-refractivity contribution is 0.376. The fourth-order valence-electron chi connectivity index (χ4n) is 1.47. The van der Waals surface area contributed by atoms with Crippen LogP contribution < -0.4 is 4.74 Å². The van der Waals surface area contributed by atoms with Crippen molar-refractivity contribution in [2.75, 3.05) is 7.11 Å². The van der Waals surface area contributed by atoms with E-state index < -0.39 is 0 Å². The van der Waals surface area contributed by atoms with Crippen LogP contribution in [0.1, 0.15) is 0 Å². The number of ether oxygens (including phenoxy) is 1. The Morgan fingerprint density at radius 1 is 1.00 bits per heavy atom. The summed E-state index contributed by atoms with van der Waals surface area (Å²) >= 11 is 0. The first-order chi connectivity index (χ1) is 6.74. The van der Waals surface area contributed by atoms with Crippen molar-refractivity contribution in [3.63, 3.8) is 0 Å². The van der Waals surface area contributed by atoms with Crippen LogP contribution in [-0.2, 0) is 0 Å². The normalized spacial score (nSPS) is 10.4. The summed E-state index contributed by atoms with van der Waals surface area (Å²) in [7, 11) is 1.49. The van der Waals surface area contributed by atoms with Gasteiger partial charge in [-0.05, 0) is 18.2 Å². The zero-order chi connectivity index (χ0) is 10.1. The van der Waals surface area contributed by atoms with Crippen LogP contribution in [0.5, 0.6) is 17.2 Å². The maximum absolute atomic E-state index is 9.74. The van der Waals surface area contributed by atoms with E-state index >= 15 is 0 Å². The molecule has 3 nitrogen and oxygen atoms in total. The van der Waals surface area contributed by atoms with Gasteiger partial charge < -0.3 is 14.9 Å². The molecule has 0 heterocycles. The van der Waals surface area contributed by atoms with Gasteiger partial charge in [-0.1, -0.05) is 12.1 Å². The van der Waals surface area contributed by atoms with Crippen molar-refractivity contribution in [3.8, 4) is 17.2 Å². The van der Waals surface area contributed by atoms with E-state index in [2.05, 4.69) is 0 Å². The quantitative estimate of drug-likeness (QED) is 0.725. The third-order valence-corrected chi connectivity index (χ3v) is 2.19. The van der Waals surface area contributed by atoms with E-state index in [1.54, 1.807) is 30.3 Å². The molecule has 0 aliphatic carbocycles. The molecule has 0 fully saturated rings. The molecule has 0 spiro atoms. The van der Waals surface area contributed by atoms with E-state index in [1.165, 1.54) is 7.11 Å². The summed E-state index contributed by atoms with van der Waals surface area (Å²) in [5, 5.41) is 20.4. The van der Waals surface area contributed by atoms with Crippen LogP contribution in [-0.4, -0.2) is 17.3 Å². The van der Waals surface area contributed by atoms with E-state index in [0.29, 0.717) is 16.5 Å². The van der Waals surface area contributed by atoms with Gasteiger partial charge in [0.2, 0.25) is 0 Å². The van der Waals surface area contributed by atoms with Crippen LogP contribution in [0.3, 0.4) is 0 Å². The Kier molecular flexibility index (Phi) is 1.93. The minimum atomic E-state index is 0.0564. The maximum atomic E-state index is 9.74. The molecule has 2 aromatic rings. The smallest absolute Gasteiger partial charge is 0.165 e. The molecule has 0 saturated heterocycles. The van der Waals surface area contributed by atoms with Crippen molar-refractivity contribution < 1.29 is 14.9 Å². The summed E-state index contributed by atoms with van der Waals surface area (Å²) in [6.07, 6.45) is 0. The van der Waals surface area contributed by atoms with Crippen molar-refractivity contribution in [3.05, 3.63) is 30.3 Å². The Balaban J connectivity index is 2.84. The Labute approximate surface area is 81.2 Å². The molecule has 72 valence electrons. The minimum absolute atomic E-state index is 0.0564. The molecule has 2 N–H and O–H groups in total. The second kappa shape index (κ2) is 3.10. The summed E-state index contributed by atoms with van der Waals surface area (Å²) in [6.45, 7) is 0. The van der Waals surface area contributed by atoms with E-state index in [0.717, 1.165) is 0 Å². The van der Waals surface area contributed by atoms with E-state index in [9.17, 15) is 10.2 Å². The highest BCUT2D eigenvalue weighted by Gasteiger charge is 2.08. The Hall–Kier alpha value is -1.90. The lowest BCUT2D eigenvalue weighted by Crippen LogP contribution is -1.84. The molecular formula is C11H10O3. The number of phenolic OH excluding ortho intramolecular Hbond substituents is 2. The predicted octanol–water partition coefficient (Wildman–Crippen LogP) is 2.26. The van der Waals surface area contributed by atoms with Gasteiger partial charge in [-0.3, -0.25) is 0 Å². The Morgan fingerprint density at radius 2 is 1.79 bits per heavy atom. The zero-order valence-electron chi connectivity index (χ0n) is 7.69. The standard InChI is InChI=1S/C11H10O3/c1-14-10-6-5-7-8(11(10)13)3-2-4-9(7)12/h2-6,12-13H,1H3. The predicted molar refractivity (Wildman–Crippen MR) is 53.8 cm³/mol. The number of fused-ring (bicyclic) bond motifs is 1. The van der Waals surface area contributed by atoms with Crippen LogP contribution in [0.2, 0.25) is 0 Å². The van der Waals surface area contributed by atoms with Crippen LogP contribution in [0.4, 0.5) is 0 Å². The molecule has 0 aromatic heterocycles. The highest BCUT2D eigenvalue weighted by atomic mass is 16.5. The molecule has 14 heavy (non-hydrogen) atoms. The highest BCUT2D eigenvalue weighted by Crippen LogP contribution is 2.37. The molecule has 0 unspecified atom stereocenters. The molecule has 2 rings (SSSR count). The van der Waals surface area contributed by atoms with Crippen molar-refractivity contribution in [2.45, 2.75) is 0 Å². The minimum Gasteiger partial charge on any atom is -0.507 e. The highest BCUT2D eigenvalue weighted by molar-refractivity contribution is 5.94. The molecule has 0 bridgehead atoms. The third kappa shape index (κ3) is 1.14. The average Bonchev–Trinajstić information content (AvgIpc) is 2.20. The zero-order valence-corrected chi connectivity index (χ0v) is 7.69. The molecular weight excluding hydrogens is 180 g/mol. The van der Waals surface area contributed by atoms with Crippen molar-refractivity contribution >= 4 is 10.8 Å². The number of aromatic hydroxyl groups is 2. The molecule has 0 atom stereocenters. The van der Waals surface area contributed by atoms with Gasteiger partial charge >= 0.3 is 0 Å². The van der Waals surface area contributed by atoms with Gasteiger partial charge in [0.1, 0.15) is 5.75 Å². The Bertz CT molecular complexity index is 477. The van der Waals surface area contributed by atoms with Gasteiger partial charge in [0.05, 0.1) is 7.11 Å². The molecule has 0 saturated carbocycles. The van der Waals surface area contributed by atoms with Gasteiger partial charge in [0.15, 0.2) is 11.5 Å². The molecule has 0 radical (unpaired) electrons. The number of phenols is 2. The molecule has 0 aliphatic heterocycles. The molecule has 0 aliphatic rings. The van der Waals surface area contributed by atoms with E-state index in [4.69, 9.17) is 4.74 Å². The van der Waals surface area contributed by atoms with E-state index in [-0.39, 0.29) is 11.5 Å². The van der Waals surface area contributed by atoms with Crippen LogP contribution in [0.15, 0.2) is 30.3 Å². The second-order valence-electron chi connectivity index (χ2n) is 2.99. The number of hydrogen-bond donors (Lipinski definition) is 2. The number of benzene rings is 2. The van der Waals surface area contributed by atoms with Crippen molar-refractivity contribution in [1.82, 2.24) is 0 Å². The lowest BCUT2D eigenvalue weighted by Gasteiger charge is -2.07. The summed E-state index contributed by atoms with van der Waals surface area (Å²) in [6, 6.07) is 8.32. The van der Waals surface area contributed by atoms with Crippen LogP contribution in [0.25, 0.3) is 10.8 Å². The average molecular weight is 190 g/mol. The van der Waals surface area contributed by atoms with Crippen LogP contribution in [0, 0.1) is 0 Å².